The van der Waals surface area contributed by atoms with E-state index in [0.29, 0.717) is 0 Å². The van der Waals surface area contributed by atoms with Gasteiger partial charge >= 0.3 is 0 Å². The van der Waals surface area contributed by atoms with Gasteiger partial charge in [-0.1, -0.05) is 184 Å². The number of hydrogen-bond donors (Lipinski definition) is 1. The first-order valence-corrected chi connectivity index (χ1v) is 18.3. The molecule has 0 rings (SSSR count). The van der Waals surface area contributed by atoms with Gasteiger partial charge < -0.3 is 5.11 Å². The van der Waals surface area contributed by atoms with Crippen molar-refractivity contribution in [2.75, 3.05) is 0 Å². The highest BCUT2D eigenvalue weighted by Gasteiger charge is 2.23. The fourth-order valence-corrected chi connectivity index (χ4v) is 4.37. The van der Waals surface area contributed by atoms with E-state index in [-0.39, 0.29) is 5.92 Å². The number of aliphatic hydroxyl groups is 1. The number of hydrogen-bond acceptors (Lipinski definition) is 1. The van der Waals surface area contributed by atoms with Gasteiger partial charge in [-0.25, -0.2) is 0 Å². The molecule has 0 aromatic rings. The third-order valence-corrected chi connectivity index (χ3v) is 7.90. The van der Waals surface area contributed by atoms with Crippen molar-refractivity contribution in [2.45, 2.75) is 115 Å². The third-order valence-electron chi connectivity index (χ3n) is 7.90. The molecule has 0 aliphatic carbocycles. The Balaban J connectivity index is 5.06. The molecule has 0 spiro atoms. The minimum atomic E-state index is -0.757. The summed E-state index contributed by atoms with van der Waals surface area (Å²) < 4.78 is 0. The Morgan fingerprint density at radius 3 is 1.16 bits per heavy atom. The predicted molar refractivity (Wildman–Crippen MR) is 233 cm³/mol. The van der Waals surface area contributed by atoms with Crippen molar-refractivity contribution in [3.05, 3.63) is 189 Å². The van der Waals surface area contributed by atoms with Gasteiger partial charge in [-0.2, -0.15) is 0 Å². The van der Waals surface area contributed by atoms with Crippen LogP contribution in [0.2, 0.25) is 0 Å². The summed E-state index contributed by atoms with van der Waals surface area (Å²) in [5.74, 6) is 0.0745. The minimum absolute atomic E-state index is 0.0745. The Labute approximate surface area is 314 Å². The summed E-state index contributed by atoms with van der Waals surface area (Å²) >= 11 is 0. The van der Waals surface area contributed by atoms with Crippen molar-refractivity contribution >= 4 is 0 Å². The fraction of sp³-hybridized carbons (Fsp3) is 0.360. The van der Waals surface area contributed by atoms with Crippen LogP contribution in [0.1, 0.15) is 110 Å². The van der Waals surface area contributed by atoms with E-state index >= 15 is 0 Å². The van der Waals surface area contributed by atoms with Crippen LogP contribution in [0.4, 0.5) is 0 Å². The maximum absolute atomic E-state index is 10.5. The third kappa shape index (κ3) is 27.2. The molecule has 0 saturated carbocycles. The quantitative estimate of drug-likeness (QED) is 0.106. The summed E-state index contributed by atoms with van der Waals surface area (Å²) in [6.07, 6.45) is 48.7. The first-order valence-electron chi connectivity index (χ1n) is 18.3. The molecule has 0 fully saturated rings. The average Bonchev–Trinajstić information content (AvgIpc) is 3.02. The minimum Gasteiger partial charge on any atom is -0.390 e. The lowest BCUT2D eigenvalue weighted by Crippen LogP contribution is -2.29. The van der Waals surface area contributed by atoms with Gasteiger partial charge in [0, 0.05) is 5.92 Å². The van der Waals surface area contributed by atoms with Crippen molar-refractivity contribution in [1.82, 2.24) is 0 Å². The maximum atomic E-state index is 10.5. The molecule has 0 unspecified atom stereocenters. The van der Waals surface area contributed by atoms with E-state index < -0.39 is 5.60 Å². The normalized spacial score (nSPS) is 15.6. The zero-order valence-corrected chi connectivity index (χ0v) is 34.6. The second-order valence-electron chi connectivity index (χ2n) is 14.8. The maximum Gasteiger partial charge on any atom is 0.0657 e. The van der Waals surface area contributed by atoms with Gasteiger partial charge in [0.05, 0.1) is 5.60 Å². The van der Waals surface area contributed by atoms with E-state index in [1.54, 1.807) is 0 Å². The number of allylic oxidation sites excluding steroid dienone is 31. The molecule has 0 bridgehead atoms. The van der Waals surface area contributed by atoms with E-state index in [1.807, 2.05) is 13.8 Å². The molecular weight excluding hydrogens is 617 g/mol. The number of rotatable bonds is 19. The lowest BCUT2D eigenvalue weighted by molar-refractivity contribution is 0.0380. The van der Waals surface area contributed by atoms with E-state index in [2.05, 4.69) is 217 Å². The van der Waals surface area contributed by atoms with Crippen molar-refractivity contribution in [3.63, 3.8) is 0 Å². The van der Waals surface area contributed by atoms with Crippen LogP contribution in [0.15, 0.2) is 189 Å². The van der Waals surface area contributed by atoms with E-state index in [1.165, 1.54) is 50.2 Å². The largest absolute Gasteiger partial charge is 0.390 e. The highest BCUT2D eigenvalue weighted by atomic mass is 16.3. The van der Waals surface area contributed by atoms with Crippen molar-refractivity contribution < 1.29 is 5.11 Å². The molecule has 0 amide bonds. The van der Waals surface area contributed by atoms with Crippen molar-refractivity contribution in [1.29, 1.82) is 0 Å². The highest BCUT2D eigenvalue weighted by Crippen LogP contribution is 2.23. The van der Waals surface area contributed by atoms with Gasteiger partial charge in [-0.05, 0) is 115 Å². The Morgan fingerprint density at radius 2 is 0.804 bits per heavy atom. The second-order valence-corrected chi connectivity index (χ2v) is 14.8. The van der Waals surface area contributed by atoms with Crippen LogP contribution in [0.25, 0.3) is 0 Å². The molecular formula is C50H70O. The summed E-state index contributed by atoms with van der Waals surface area (Å²) in [5.41, 5.74) is 11.7. The molecule has 0 aromatic heterocycles. The Bertz CT molecular complexity index is 1580. The molecule has 1 N–H and O–H groups in total. The van der Waals surface area contributed by atoms with Crippen LogP contribution in [0.3, 0.4) is 0 Å². The van der Waals surface area contributed by atoms with Crippen LogP contribution in [0, 0.1) is 5.92 Å². The summed E-state index contributed by atoms with van der Waals surface area (Å²) in [6, 6.07) is 0. The smallest absolute Gasteiger partial charge is 0.0657 e. The lowest BCUT2D eigenvalue weighted by atomic mass is 9.87. The van der Waals surface area contributed by atoms with Gasteiger partial charge in [-0.15, -0.1) is 0 Å². The zero-order chi connectivity index (χ0) is 38.8. The average molecular weight is 687 g/mol. The predicted octanol–water partition coefficient (Wildman–Crippen LogP) is 15.0. The van der Waals surface area contributed by atoms with Crippen LogP contribution < -0.4 is 0 Å². The molecule has 1 atom stereocenters. The van der Waals surface area contributed by atoms with Gasteiger partial charge in [-0.3, -0.25) is 0 Å². The van der Waals surface area contributed by atoms with Crippen LogP contribution in [-0.4, -0.2) is 10.7 Å². The first-order chi connectivity index (χ1) is 23.9. The molecule has 0 heterocycles. The Hall–Kier alpha value is -4.20. The Morgan fingerprint density at radius 1 is 0.451 bits per heavy atom. The summed E-state index contributed by atoms with van der Waals surface area (Å²) in [6.45, 7) is 29.2. The highest BCUT2D eigenvalue weighted by molar-refractivity contribution is 5.35. The standard InChI is InChI=1S/C50H70O/c1-39(2)31-35-48(41(5)6)36-33-46(11)29-19-27-44(9)25-17-23-42(7)21-15-16-22-43(8)24-18-26-45(10)28-20-30-47(12)34-38-49(50(13,14)51)37-32-40(3)4/h15-34,36,38,49,51H,35,37H2,1-14H3/b16-15+,23-17+,24-18+,27-19+,28-20+,36-33+,38-34+,42-21+,43-22+,44-25+,45-26+,46-29+,47-30+/t49-/m0/s1. The molecule has 0 aromatic carbocycles. The van der Waals surface area contributed by atoms with Crippen molar-refractivity contribution in [2.24, 2.45) is 5.92 Å². The van der Waals surface area contributed by atoms with Crippen LogP contribution in [0.5, 0.6) is 0 Å². The molecule has 276 valence electrons. The monoisotopic (exact) mass is 687 g/mol. The molecule has 0 saturated heterocycles. The van der Waals surface area contributed by atoms with E-state index in [0.717, 1.165) is 18.4 Å². The van der Waals surface area contributed by atoms with Crippen LogP contribution in [-0.2, 0) is 0 Å². The molecule has 1 heteroatoms. The van der Waals surface area contributed by atoms with Gasteiger partial charge in [0.1, 0.15) is 0 Å². The lowest BCUT2D eigenvalue weighted by Gasteiger charge is -2.26. The second kappa shape index (κ2) is 26.6. The summed E-state index contributed by atoms with van der Waals surface area (Å²) in [7, 11) is 0. The van der Waals surface area contributed by atoms with E-state index in [9.17, 15) is 5.11 Å². The molecule has 0 radical (unpaired) electrons. The molecule has 0 aliphatic rings. The topological polar surface area (TPSA) is 20.2 Å². The molecule has 1 nitrogen and oxygen atoms in total. The summed E-state index contributed by atoms with van der Waals surface area (Å²) in [4.78, 5) is 0. The first kappa shape index (κ1) is 46.8. The molecule has 51 heavy (non-hydrogen) atoms. The fourth-order valence-electron chi connectivity index (χ4n) is 4.37. The van der Waals surface area contributed by atoms with Crippen molar-refractivity contribution in [3.8, 4) is 0 Å². The van der Waals surface area contributed by atoms with Gasteiger partial charge in [0.25, 0.3) is 0 Å². The van der Waals surface area contributed by atoms with Gasteiger partial charge in [0.2, 0.25) is 0 Å². The zero-order valence-electron chi connectivity index (χ0n) is 34.6. The molecule has 0 aliphatic heterocycles. The van der Waals surface area contributed by atoms with Gasteiger partial charge in [0.15, 0.2) is 0 Å². The van der Waals surface area contributed by atoms with Crippen LogP contribution >= 0.6 is 0 Å². The Kier molecular flexibility index (Phi) is 24.4. The van der Waals surface area contributed by atoms with E-state index in [4.69, 9.17) is 0 Å². The summed E-state index contributed by atoms with van der Waals surface area (Å²) in [5, 5.41) is 10.5. The SMILES string of the molecule is CC(C)=CCC(/C=C/C(C)=C/C=C/C(C)=C/C=C/C(C)=C/C=C/C=C(C)/C=C/C=C(C)/C=C/C=C(C)/C=C/[C@H](CC=C(C)C)C(C)(C)O)=C(C)C.